The van der Waals surface area contributed by atoms with Crippen molar-refractivity contribution in [3.05, 3.63) is 35.4 Å². The molecule has 0 aliphatic heterocycles. The van der Waals surface area contributed by atoms with Crippen molar-refractivity contribution >= 4 is 0 Å². The highest BCUT2D eigenvalue weighted by molar-refractivity contribution is 5.23. The zero-order valence-electron chi connectivity index (χ0n) is 14.8. The summed E-state index contributed by atoms with van der Waals surface area (Å²) in [5, 5.41) is 3.49. The van der Waals surface area contributed by atoms with Crippen molar-refractivity contribution in [2.75, 3.05) is 13.1 Å². The first kappa shape index (κ1) is 18.2. The highest BCUT2D eigenvalue weighted by atomic mass is 15.1. The van der Waals surface area contributed by atoms with Gasteiger partial charge < -0.3 is 5.32 Å². The molecular weight excluding hydrogens is 256 g/mol. The van der Waals surface area contributed by atoms with Gasteiger partial charge in [0.25, 0.3) is 0 Å². The molecule has 0 aliphatic rings. The molecule has 21 heavy (non-hydrogen) atoms. The third-order valence-corrected chi connectivity index (χ3v) is 3.36. The van der Waals surface area contributed by atoms with Gasteiger partial charge in [-0.25, -0.2) is 0 Å². The molecule has 0 bridgehead atoms. The van der Waals surface area contributed by atoms with Crippen molar-refractivity contribution in [1.29, 1.82) is 0 Å². The van der Waals surface area contributed by atoms with E-state index in [1.165, 1.54) is 24.2 Å². The topological polar surface area (TPSA) is 15.3 Å². The summed E-state index contributed by atoms with van der Waals surface area (Å²) in [5.74, 6) is 1.43. The van der Waals surface area contributed by atoms with Crippen molar-refractivity contribution in [3.8, 4) is 0 Å². The minimum Gasteiger partial charge on any atom is -0.310 e. The molecule has 2 nitrogen and oxygen atoms in total. The van der Waals surface area contributed by atoms with E-state index in [2.05, 4.69) is 76.0 Å². The van der Waals surface area contributed by atoms with Crippen LogP contribution in [0, 0.1) is 11.8 Å². The molecule has 0 saturated heterocycles. The third-order valence-electron chi connectivity index (χ3n) is 3.36. The van der Waals surface area contributed by atoms with Gasteiger partial charge in [0.2, 0.25) is 0 Å². The second-order valence-corrected chi connectivity index (χ2v) is 7.34. The molecule has 2 heteroatoms. The van der Waals surface area contributed by atoms with Gasteiger partial charge in [-0.3, -0.25) is 4.90 Å². The molecule has 0 unspecified atom stereocenters. The highest BCUT2D eigenvalue weighted by Crippen LogP contribution is 2.12. The highest BCUT2D eigenvalue weighted by Gasteiger charge is 2.10. The molecule has 0 fully saturated rings. The Morgan fingerprint density at radius 1 is 0.905 bits per heavy atom. The van der Waals surface area contributed by atoms with E-state index in [9.17, 15) is 0 Å². The van der Waals surface area contributed by atoms with Crippen molar-refractivity contribution in [1.82, 2.24) is 10.2 Å². The SMILES string of the molecule is CC(C)CN(Cc1cccc(CNC(C)C)c1)CC(C)C. The van der Waals surface area contributed by atoms with Crippen LogP contribution in [0.2, 0.25) is 0 Å². The average Bonchev–Trinajstić information content (AvgIpc) is 2.35. The van der Waals surface area contributed by atoms with Gasteiger partial charge in [-0.15, -0.1) is 0 Å². The summed E-state index contributed by atoms with van der Waals surface area (Å²) in [6, 6.07) is 9.55. The summed E-state index contributed by atoms with van der Waals surface area (Å²) in [6.45, 7) is 18.0. The molecule has 1 N–H and O–H groups in total. The Morgan fingerprint density at radius 3 is 2.00 bits per heavy atom. The lowest BCUT2D eigenvalue weighted by Gasteiger charge is -2.26. The number of benzene rings is 1. The Kier molecular flexibility index (Phi) is 7.98. The maximum absolute atomic E-state index is 3.49. The van der Waals surface area contributed by atoms with Gasteiger partial charge in [0.05, 0.1) is 0 Å². The van der Waals surface area contributed by atoms with E-state index in [0.717, 1.165) is 24.9 Å². The minimum atomic E-state index is 0.534. The fraction of sp³-hybridized carbons (Fsp3) is 0.684. The number of rotatable bonds is 9. The predicted molar refractivity (Wildman–Crippen MR) is 93.4 cm³/mol. The molecule has 1 aromatic rings. The van der Waals surface area contributed by atoms with Crippen LogP contribution in [0.4, 0.5) is 0 Å². The Bertz CT molecular complexity index is 386. The predicted octanol–water partition coefficient (Wildman–Crippen LogP) is 4.30. The number of nitrogens with one attached hydrogen (secondary N) is 1. The molecule has 0 spiro atoms. The molecule has 0 radical (unpaired) electrons. The summed E-state index contributed by atoms with van der Waals surface area (Å²) in [4.78, 5) is 2.59. The molecule has 0 aromatic heterocycles. The van der Waals surface area contributed by atoms with E-state index in [0.29, 0.717) is 6.04 Å². The zero-order chi connectivity index (χ0) is 15.8. The molecular formula is C19H34N2. The zero-order valence-corrected chi connectivity index (χ0v) is 14.8. The number of hydrogen-bond donors (Lipinski definition) is 1. The van der Waals surface area contributed by atoms with Crippen LogP contribution in [0.15, 0.2) is 24.3 Å². The fourth-order valence-electron chi connectivity index (χ4n) is 2.65. The monoisotopic (exact) mass is 290 g/mol. The number of hydrogen-bond acceptors (Lipinski definition) is 2. The molecule has 1 rings (SSSR count). The van der Waals surface area contributed by atoms with Crippen LogP contribution in [-0.2, 0) is 13.1 Å². The summed E-state index contributed by atoms with van der Waals surface area (Å²) in [6.07, 6.45) is 0. The largest absolute Gasteiger partial charge is 0.310 e. The lowest BCUT2D eigenvalue weighted by Crippen LogP contribution is -2.31. The molecule has 120 valence electrons. The first-order valence-corrected chi connectivity index (χ1v) is 8.40. The van der Waals surface area contributed by atoms with Gasteiger partial charge in [0, 0.05) is 32.2 Å². The Balaban J connectivity index is 2.67. The Hall–Kier alpha value is -0.860. The van der Waals surface area contributed by atoms with Gasteiger partial charge in [0.15, 0.2) is 0 Å². The van der Waals surface area contributed by atoms with Crippen molar-refractivity contribution < 1.29 is 0 Å². The second kappa shape index (κ2) is 9.22. The first-order chi connectivity index (χ1) is 9.86. The van der Waals surface area contributed by atoms with E-state index in [1.807, 2.05) is 0 Å². The van der Waals surface area contributed by atoms with Gasteiger partial charge in [0.1, 0.15) is 0 Å². The Labute approximate surface area is 131 Å². The van der Waals surface area contributed by atoms with Crippen LogP contribution in [0.3, 0.4) is 0 Å². The van der Waals surface area contributed by atoms with Gasteiger partial charge in [-0.2, -0.15) is 0 Å². The summed E-state index contributed by atoms with van der Waals surface area (Å²) in [5.41, 5.74) is 2.81. The molecule has 0 atom stereocenters. The molecule has 0 heterocycles. The van der Waals surface area contributed by atoms with Crippen LogP contribution in [0.5, 0.6) is 0 Å². The molecule has 0 amide bonds. The molecule has 1 aromatic carbocycles. The van der Waals surface area contributed by atoms with E-state index in [-0.39, 0.29) is 0 Å². The van der Waals surface area contributed by atoms with Crippen molar-refractivity contribution in [2.24, 2.45) is 11.8 Å². The Morgan fingerprint density at radius 2 is 1.48 bits per heavy atom. The van der Waals surface area contributed by atoms with E-state index in [1.54, 1.807) is 0 Å². The fourth-order valence-corrected chi connectivity index (χ4v) is 2.65. The summed E-state index contributed by atoms with van der Waals surface area (Å²) >= 11 is 0. The van der Waals surface area contributed by atoms with E-state index >= 15 is 0 Å². The smallest absolute Gasteiger partial charge is 0.0234 e. The van der Waals surface area contributed by atoms with Crippen LogP contribution >= 0.6 is 0 Å². The first-order valence-electron chi connectivity index (χ1n) is 8.40. The summed E-state index contributed by atoms with van der Waals surface area (Å²) < 4.78 is 0. The normalized spacial score (nSPS) is 12.1. The van der Waals surface area contributed by atoms with Gasteiger partial charge in [-0.05, 0) is 23.0 Å². The molecule has 0 saturated carbocycles. The van der Waals surface area contributed by atoms with Crippen LogP contribution in [-0.4, -0.2) is 24.0 Å². The van der Waals surface area contributed by atoms with Crippen LogP contribution in [0.25, 0.3) is 0 Å². The average molecular weight is 290 g/mol. The quantitative estimate of drug-likeness (QED) is 0.729. The van der Waals surface area contributed by atoms with Gasteiger partial charge >= 0.3 is 0 Å². The van der Waals surface area contributed by atoms with Crippen molar-refractivity contribution in [2.45, 2.75) is 60.7 Å². The van der Waals surface area contributed by atoms with E-state index < -0.39 is 0 Å². The third kappa shape index (κ3) is 8.23. The molecule has 0 aliphatic carbocycles. The summed E-state index contributed by atoms with van der Waals surface area (Å²) in [7, 11) is 0. The lowest BCUT2D eigenvalue weighted by molar-refractivity contribution is 0.211. The maximum atomic E-state index is 3.49. The van der Waals surface area contributed by atoms with Crippen molar-refractivity contribution in [3.63, 3.8) is 0 Å². The maximum Gasteiger partial charge on any atom is 0.0234 e. The van der Waals surface area contributed by atoms with E-state index in [4.69, 9.17) is 0 Å². The minimum absolute atomic E-state index is 0.534. The standard InChI is InChI=1S/C19H34N2/c1-15(2)12-21(13-16(3)4)14-19-9-7-8-18(10-19)11-20-17(5)6/h7-10,15-17,20H,11-14H2,1-6H3. The second-order valence-electron chi connectivity index (χ2n) is 7.34. The van der Waals surface area contributed by atoms with Gasteiger partial charge in [-0.1, -0.05) is 65.8 Å². The van der Waals surface area contributed by atoms with Crippen LogP contribution < -0.4 is 5.32 Å². The van der Waals surface area contributed by atoms with Crippen LogP contribution in [0.1, 0.15) is 52.7 Å². The number of nitrogens with zero attached hydrogens (tertiary/aromatic N) is 1. The lowest BCUT2D eigenvalue weighted by atomic mass is 10.1.